The summed E-state index contributed by atoms with van der Waals surface area (Å²) < 4.78 is 1.72. The van der Waals surface area contributed by atoms with Crippen LogP contribution in [0.1, 0.15) is 18.3 Å². The number of fused-ring (bicyclic) bond motifs is 2. The zero-order valence-corrected chi connectivity index (χ0v) is 17.9. The van der Waals surface area contributed by atoms with Gasteiger partial charge in [0.05, 0.1) is 5.69 Å². The molecule has 0 bridgehead atoms. The Hall–Kier alpha value is -4.21. The third-order valence-electron chi connectivity index (χ3n) is 5.76. The lowest BCUT2D eigenvalue weighted by atomic mass is 10.1. The highest BCUT2D eigenvalue weighted by atomic mass is 16.2. The van der Waals surface area contributed by atoms with Gasteiger partial charge in [-0.05, 0) is 24.4 Å². The maximum atomic E-state index is 11.8. The Morgan fingerprint density at radius 2 is 2.09 bits per heavy atom. The molecule has 5 rings (SSSR count). The average molecular weight is 429 g/mol. The first-order valence-corrected chi connectivity index (χ1v) is 10.2. The van der Waals surface area contributed by atoms with Crippen molar-refractivity contribution in [3.63, 3.8) is 0 Å². The number of pyridine rings is 2. The fraction of sp³-hybridized carbons (Fsp3) is 0.227. The van der Waals surface area contributed by atoms with Gasteiger partial charge < -0.3 is 21.3 Å². The van der Waals surface area contributed by atoms with Gasteiger partial charge in [0.15, 0.2) is 5.82 Å². The van der Waals surface area contributed by atoms with E-state index in [0.717, 1.165) is 39.9 Å². The van der Waals surface area contributed by atoms with Crippen LogP contribution < -0.4 is 16.4 Å². The highest BCUT2D eigenvalue weighted by Crippen LogP contribution is 2.30. The largest absolute Gasteiger partial charge is 0.383 e. The van der Waals surface area contributed by atoms with E-state index in [0.29, 0.717) is 29.8 Å². The van der Waals surface area contributed by atoms with E-state index in [9.17, 15) is 4.79 Å². The fourth-order valence-corrected chi connectivity index (χ4v) is 3.83. The molecule has 5 heterocycles. The maximum Gasteiger partial charge on any atom is 0.241 e. The van der Waals surface area contributed by atoms with Gasteiger partial charge in [0.2, 0.25) is 5.91 Å². The van der Waals surface area contributed by atoms with E-state index in [-0.39, 0.29) is 12.5 Å². The molecule has 0 spiro atoms. The molecular formula is C22H23N9O. The number of nitrogens with zero attached hydrogens (tertiary/aromatic N) is 6. The van der Waals surface area contributed by atoms with Gasteiger partial charge in [-0.15, -0.1) is 0 Å². The number of hydrogen-bond donors (Lipinski definition) is 3. The molecule has 0 aromatic carbocycles. The Kier molecular flexibility index (Phi) is 4.62. The number of aliphatic imine (C=N–C) groups is 1. The predicted molar refractivity (Wildman–Crippen MR) is 124 cm³/mol. The molecule has 32 heavy (non-hydrogen) atoms. The first-order valence-electron chi connectivity index (χ1n) is 10.2. The number of hydrogen-bond acceptors (Lipinski definition) is 8. The van der Waals surface area contributed by atoms with Crippen molar-refractivity contribution in [1.29, 1.82) is 0 Å². The minimum Gasteiger partial charge on any atom is -0.383 e. The zero-order chi connectivity index (χ0) is 22.4. The van der Waals surface area contributed by atoms with Gasteiger partial charge in [-0.1, -0.05) is 6.58 Å². The van der Waals surface area contributed by atoms with Crippen LogP contribution in [0, 0.1) is 0 Å². The first kappa shape index (κ1) is 19.7. The molecule has 0 atom stereocenters. The number of carbonyl (C=O) groups is 1. The molecule has 2 aliphatic rings. The lowest BCUT2D eigenvalue weighted by molar-refractivity contribution is -0.121. The molecule has 0 fully saturated rings. The quantitative estimate of drug-likeness (QED) is 0.581. The van der Waals surface area contributed by atoms with Crippen LogP contribution in [0.4, 0.5) is 17.5 Å². The molecule has 0 radical (unpaired) electrons. The number of nitrogen functional groups attached to an aromatic ring is 1. The Morgan fingerprint density at radius 1 is 1.25 bits per heavy atom. The molecular weight excluding hydrogens is 406 g/mol. The number of rotatable bonds is 3. The van der Waals surface area contributed by atoms with Crippen LogP contribution in [-0.4, -0.2) is 50.4 Å². The topological polar surface area (TPSA) is 126 Å². The van der Waals surface area contributed by atoms with Crippen LogP contribution >= 0.6 is 0 Å². The van der Waals surface area contributed by atoms with E-state index < -0.39 is 0 Å². The van der Waals surface area contributed by atoms with Crippen molar-refractivity contribution < 1.29 is 4.79 Å². The van der Waals surface area contributed by atoms with Gasteiger partial charge in [0.1, 0.15) is 24.0 Å². The molecule has 3 aromatic rings. The SMILES string of the molecule is C=C1N=CC(c2cc3cc(Nc4cc5n(n4)CC(=O)NCC5)ncc3c(N)n2)=C(C)N1C. The highest BCUT2D eigenvalue weighted by molar-refractivity contribution is 6.12. The van der Waals surface area contributed by atoms with Crippen LogP contribution in [-0.2, 0) is 17.8 Å². The first-order chi connectivity index (χ1) is 15.4. The Labute approximate surface area is 184 Å². The molecule has 0 saturated carbocycles. The lowest BCUT2D eigenvalue weighted by Gasteiger charge is -2.25. The summed E-state index contributed by atoms with van der Waals surface area (Å²) in [5.74, 6) is 2.30. The van der Waals surface area contributed by atoms with Gasteiger partial charge in [0.25, 0.3) is 0 Å². The summed E-state index contributed by atoms with van der Waals surface area (Å²) in [6.07, 6.45) is 4.19. The summed E-state index contributed by atoms with van der Waals surface area (Å²) in [4.78, 5) is 27.1. The van der Waals surface area contributed by atoms with Gasteiger partial charge in [-0.3, -0.25) is 9.48 Å². The number of anilines is 3. The van der Waals surface area contributed by atoms with E-state index >= 15 is 0 Å². The van der Waals surface area contributed by atoms with Crippen molar-refractivity contribution in [3.8, 4) is 0 Å². The lowest BCUT2D eigenvalue weighted by Crippen LogP contribution is -2.25. The molecule has 0 saturated heterocycles. The standard InChI is InChI=1S/C22H23N9O/c1-12-16(9-25-13(2)30(12)3)18-6-14-7-19(26-10-17(14)22(23)27-18)28-20-8-15-4-5-24-21(32)11-31(15)29-20/h6-10H,2,4-5,11H2,1,3H3,(H2,23,27)(H,24,32)(H,26,28,29). The van der Waals surface area contributed by atoms with Crippen LogP contribution in [0.5, 0.6) is 0 Å². The summed E-state index contributed by atoms with van der Waals surface area (Å²) in [6.45, 7) is 6.74. The number of aromatic nitrogens is 4. The molecule has 0 unspecified atom stereocenters. The van der Waals surface area contributed by atoms with Crippen molar-refractivity contribution in [2.24, 2.45) is 4.99 Å². The molecule has 10 heteroatoms. The highest BCUT2D eigenvalue weighted by Gasteiger charge is 2.18. The second-order valence-corrected chi connectivity index (χ2v) is 7.82. The van der Waals surface area contributed by atoms with Crippen LogP contribution in [0.15, 0.2) is 47.5 Å². The summed E-state index contributed by atoms with van der Waals surface area (Å²) >= 11 is 0. The van der Waals surface area contributed by atoms with Gasteiger partial charge >= 0.3 is 0 Å². The van der Waals surface area contributed by atoms with Crippen molar-refractivity contribution in [1.82, 2.24) is 30.0 Å². The van der Waals surface area contributed by atoms with Gasteiger partial charge in [-0.2, -0.15) is 5.10 Å². The number of nitrogens with two attached hydrogens (primary N) is 1. The van der Waals surface area contributed by atoms with Crippen molar-refractivity contribution in [2.45, 2.75) is 19.9 Å². The summed E-state index contributed by atoms with van der Waals surface area (Å²) in [6, 6.07) is 5.82. The summed E-state index contributed by atoms with van der Waals surface area (Å²) in [5, 5.41) is 12.2. The van der Waals surface area contributed by atoms with Crippen molar-refractivity contribution in [2.75, 3.05) is 24.6 Å². The van der Waals surface area contributed by atoms with E-state index in [1.165, 1.54) is 0 Å². The normalized spacial score (nSPS) is 16.2. The molecule has 1 amide bonds. The third-order valence-corrected chi connectivity index (χ3v) is 5.76. The maximum absolute atomic E-state index is 11.8. The number of allylic oxidation sites excluding steroid dienone is 2. The fourth-order valence-electron chi connectivity index (χ4n) is 3.83. The molecule has 162 valence electrons. The Balaban J connectivity index is 1.49. The number of carbonyl (C=O) groups excluding carboxylic acids is 1. The van der Waals surface area contributed by atoms with Crippen molar-refractivity contribution >= 4 is 45.9 Å². The molecule has 2 aliphatic heterocycles. The molecule has 4 N–H and O–H groups in total. The van der Waals surface area contributed by atoms with Crippen LogP contribution in [0.25, 0.3) is 16.3 Å². The zero-order valence-electron chi connectivity index (χ0n) is 17.9. The molecule has 3 aromatic heterocycles. The molecule has 0 aliphatic carbocycles. The van der Waals surface area contributed by atoms with Gasteiger partial charge in [0, 0.05) is 60.8 Å². The van der Waals surface area contributed by atoms with Crippen LogP contribution in [0.3, 0.4) is 0 Å². The second-order valence-electron chi connectivity index (χ2n) is 7.82. The predicted octanol–water partition coefficient (Wildman–Crippen LogP) is 2.04. The van der Waals surface area contributed by atoms with Crippen molar-refractivity contribution in [3.05, 3.63) is 53.9 Å². The minimum absolute atomic E-state index is 0.0391. The second kappa shape index (κ2) is 7.49. The van der Waals surface area contributed by atoms with E-state index in [1.54, 1.807) is 17.1 Å². The molecule has 10 nitrogen and oxygen atoms in total. The Morgan fingerprint density at radius 3 is 2.94 bits per heavy atom. The van der Waals surface area contributed by atoms with E-state index in [2.05, 4.69) is 37.3 Å². The Bertz CT molecular complexity index is 1330. The van der Waals surface area contributed by atoms with Gasteiger partial charge in [-0.25, -0.2) is 15.0 Å². The van der Waals surface area contributed by atoms with E-state index in [1.807, 2.05) is 37.1 Å². The monoisotopic (exact) mass is 429 g/mol. The average Bonchev–Trinajstić information content (AvgIpc) is 3.03. The minimum atomic E-state index is -0.0391. The number of amides is 1. The van der Waals surface area contributed by atoms with E-state index in [4.69, 9.17) is 5.73 Å². The summed E-state index contributed by atoms with van der Waals surface area (Å²) in [7, 11) is 1.92. The third kappa shape index (κ3) is 3.45. The van der Waals surface area contributed by atoms with Crippen LogP contribution in [0.2, 0.25) is 0 Å². The number of nitrogens with one attached hydrogen (secondary N) is 2. The smallest absolute Gasteiger partial charge is 0.241 e. The summed E-state index contributed by atoms with van der Waals surface area (Å²) in [5.41, 5.74) is 9.84.